The van der Waals surface area contributed by atoms with E-state index in [9.17, 15) is 4.79 Å². The normalized spacial score (nSPS) is 10.3. The zero-order chi connectivity index (χ0) is 13.8. The van der Waals surface area contributed by atoms with Gasteiger partial charge < -0.3 is 4.90 Å². The topological polar surface area (TPSA) is 20.3 Å². The minimum Gasteiger partial charge on any atom is -0.341 e. The molecule has 0 bridgehead atoms. The second kappa shape index (κ2) is 5.89. The van der Waals surface area contributed by atoms with Crippen LogP contribution in [0.1, 0.15) is 22.8 Å². The van der Waals surface area contributed by atoms with E-state index in [1.807, 2.05) is 24.3 Å². The van der Waals surface area contributed by atoms with Gasteiger partial charge in [-0.25, -0.2) is 0 Å². The molecule has 19 heavy (non-hydrogen) atoms. The van der Waals surface area contributed by atoms with E-state index in [2.05, 4.69) is 30.9 Å². The average molecular weight is 274 g/mol. The SMILES string of the molecule is CCN(c1ccccc1C)c1ccc(Cl)cc1C=O. The van der Waals surface area contributed by atoms with Crippen LogP contribution >= 0.6 is 11.6 Å². The molecule has 2 rings (SSSR count). The fourth-order valence-electron chi connectivity index (χ4n) is 2.20. The van der Waals surface area contributed by atoms with Gasteiger partial charge in [0.1, 0.15) is 0 Å². The maximum atomic E-state index is 11.2. The van der Waals surface area contributed by atoms with E-state index in [1.54, 1.807) is 6.07 Å². The Morgan fingerprint density at radius 2 is 1.89 bits per heavy atom. The number of aryl methyl sites for hydroxylation is 1. The van der Waals surface area contributed by atoms with Gasteiger partial charge in [0.2, 0.25) is 0 Å². The highest BCUT2D eigenvalue weighted by Crippen LogP contribution is 2.31. The number of benzene rings is 2. The van der Waals surface area contributed by atoms with Crippen LogP contribution < -0.4 is 4.90 Å². The maximum Gasteiger partial charge on any atom is 0.152 e. The van der Waals surface area contributed by atoms with Gasteiger partial charge in [-0.1, -0.05) is 29.8 Å². The predicted molar refractivity (Wildman–Crippen MR) is 80.7 cm³/mol. The van der Waals surface area contributed by atoms with Gasteiger partial charge >= 0.3 is 0 Å². The van der Waals surface area contributed by atoms with E-state index in [4.69, 9.17) is 11.6 Å². The molecular formula is C16H16ClNO. The summed E-state index contributed by atoms with van der Waals surface area (Å²) < 4.78 is 0. The molecule has 0 spiro atoms. The van der Waals surface area contributed by atoms with Crippen molar-refractivity contribution in [1.29, 1.82) is 0 Å². The molecule has 2 aromatic carbocycles. The van der Waals surface area contributed by atoms with Crippen LogP contribution in [0.25, 0.3) is 0 Å². The van der Waals surface area contributed by atoms with Crippen LogP contribution in [0.15, 0.2) is 42.5 Å². The molecule has 0 fully saturated rings. The lowest BCUT2D eigenvalue weighted by atomic mass is 10.1. The first-order chi connectivity index (χ1) is 9.17. The van der Waals surface area contributed by atoms with E-state index in [-0.39, 0.29) is 0 Å². The minimum atomic E-state index is 0.576. The van der Waals surface area contributed by atoms with Crippen LogP contribution in [0.3, 0.4) is 0 Å². The number of nitrogens with zero attached hydrogens (tertiary/aromatic N) is 1. The first-order valence-electron chi connectivity index (χ1n) is 6.25. The third-order valence-electron chi connectivity index (χ3n) is 3.13. The molecular weight excluding hydrogens is 258 g/mol. The van der Waals surface area contributed by atoms with Gasteiger partial charge in [0.05, 0.1) is 5.69 Å². The molecule has 3 heteroatoms. The van der Waals surface area contributed by atoms with Crippen LogP contribution in [0.2, 0.25) is 5.02 Å². The molecule has 98 valence electrons. The molecule has 0 atom stereocenters. The summed E-state index contributed by atoms with van der Waals surface area (Å²) in [5.41, 5.74) is 3.78. The Labute approximate surface area is 118 Å². The lowest BCUT2D eigenvalue weighted by Crippen LogP contribution is -2.18. The molecule has 2 aromatic rings. The Balaban J connectivity index is 2.54. The lowest BCUT2D eigenvalue weighted by Gasteiger charge is -2.26. The van der Waals surface area contributed by atoms with Crippen molar-refractivity contribution in [2.24, 2.45) is 0 Å². The highest BCUT2D eigenvalue weighted by Gasteiger charge is 2.13. The first-order valence-corrected chi connectivity index (χ1v) is 6.63. The van der Waals surface area contributed by atoms with E-state index >= 15 is 0 Å². The van der Waals surface area contributed by atoms with Crippen molar-refractivity contribution in [2.45, 2.75) is 13.8 Å². The Kier molecular flexibility index (Phi) is 4.23. The summed E-state index contributed by atoms with van der Waals surface area (Å²) in [6.45, 7) is 4.91. The Bertz CT molecular complexity index is 595. The second-order valence-corrected chi connectivity index (χ2v) is 4.79. The number of aldehydes is 1. The molecule has 0 aliphatic rings. The van der Waals surface area contributed by atoms with Gasteiger partial charge in [-0.05, 0) is 43.7 Å². The summed E-state index contributed by atoms with van der Waals surface area (Å²) >= 11 is 5.94. The number of hydrogen-bond acceptors (Lipinski definition) is 2. The third-order valence-corrected chi connectivity index (χ3v) is 3.36. The summed E-state index contributed by atoms with van der Waals surface area (Å²) in [5.74, 6) is 0. The van der Waals surface area contributed by atoms with Crippen molar-refractivity contribution >= 4 is 29.3 Å². The summed E-state index contributed by atoms with van der Waals surface area (Å²) in [6.07, 6.45) is 0.849. The van der Waals surface area contributed by atoms with E-state index < -0.39 is 0 Å². The van der Waals surface area contributed by atoms with Gasteiger partial charge in [0.15, 0.2) is 6.29 Å². The van der Waals surface area contributed by atoms with Crippen molar-refractivity contribution in [3.8, 4) is 0 Å². The molecule has 0 N–H and O–H groups in total. The fraction of sp³-hybridized carbons (Fsp3) is 0.188. The summed E-state index contributed by atoms with van der Waals surface area (Å²) in [7, 11) is 0. The summed E-state index contributed by atoms with van der Waals surface area (Å²) in [6, 6.07) is 13.5. The summed E-state index contributed by atoms with van der Waals surface area (Å²) in [4.78, 5) is 13.4. The molecule has 2 nitrogen and oxygen atoms in total. The van der Waals surface area contributed by atoms with Crippen molar-refractivity contribution < 1.29 is 4.79 Å². The quantitative estimate of drug-likeness (QED) is 0.758. The lowest BCUT2D eigenvalue weighted by molar-refractivity contribution is 0.112. The van der Waals surface area contributed by atoms with Gasteiger partial charge in [-0.15, -0.1) is 0 Å². The minimum absolute atomic E-state index is 0.576. The predicted octanol–water partition coefficient (Wildman–Crippen LogP) is 4.62. The Morgan fingerprint density at radius 3 is 2.53 bits per heavy atom. The van der Waals surface area contributed by atoms with Crippen LogP contribution in [-0.4, -0.2) is 12.8 Å². The van der Waals surface area contributed by atoms with Crippen molar-refractivity contribution in [3.05, 3.63) is 58.6 Å². The van der Waals surface area contributed by atoms with Gasteiger partial charge in [0, 0.05) is 22.8 Å². The van der Waals surface area contributed by atoms with Crippen molar-refractivity contribution in [1.82, 2.24) is 0 Å². The number of halogens is 1. The van der Waals surface area contributed by atoms with E-state index in [1.165, 1.54) is 5.56 Å². The van der Waals surface area contributed by atoms with Gasteiger partial charge in [-0.3, -0.25) is 4.79 Å². The highest BCUT2D eigenvalue weighted by atomic mass is 35.5. The maximum absolute atomic E-state index is 11.2. The monoisotopic (exact) mass is 273 g/mol. The number of para-hydroxylation sites is 1. The van der Waals surface area contributed by atoms with Crippen molar-refractivity contribution in [2.75, 3.05) is 11.4 Å². The molecule has 0 unspecified atom stereocenters. The van der Waals surface area contributed by atoms with Crippen LogP contribution in [-0.2, 0) is 0 Å². The highest BCUT2D eigenvalue weighted by molar-refractivity contribution is 6.31. The second-order valence-electron chi connectivity index (χ2n) is 4.35. The fourth-order valence-corrected chi connectivity index (χ4v) is 2.38. The first kappa shape index (κ1) is 13.6. The zero-order valence-electron chi connectivity index (χ0n) is 11.1. The number of carbonyl (C=O) groups excluding carboxylic acids is 1. The van der Waals surface area contributed by atoms with Crippen LogP contribution in [0.5, 0.6) is 0 Å². The molecule has 0 aliphatic heterocycles. The molecule has 0 saturated carbocycles. The standard InChI is InChI=1S/C16H16ClNO/c1-3-18(15-7-5-4-6-12(15)2)16-9-8-14(17)10-13(16)11-19/h4-11H,3H2,1-2H3. The van der Waals surface area contributed by atoms with Gasteiger partial charge in [-0.2, -0.15) is 0 Å². The molecule has 0 saturated heterocycles. The number of hydrogen-bond donors (Lipinski definition) is 0. The molecule has 0 radical (unpaired) electrons. The number of anilines is 2. The smallest absolute Gasteiger partial charge is 0.152 e. The van der Waals surface area contributed by atoms with E-state index in [0.717, 1.165) is 24.2 Å². The molecule has 0 heterocycles. The molecule has 0 aliphatic carbocycles. The number of rotatable bonds is 4. The molecule has 0 amide bonds. The Morgan fingerprint density at radius 1 is 1.16 bits per heavy atom. The van der Waals surface area contributed by atoms with E-state index in [0.29, 0.717) is 10.6 Å². The third kappa shape index (κ3) is 2.79. The summed E-state index contributed by atoms with van der Waals surface area (Å²) in [5, 5.41) is 0.576. The average Bonchev–Trinajstić information content (AvgIpc) is 2.43. The zero-order valence-corrected chi connectivity index (χ0v) is 11.8. The van der Waals surface area contributed by atoms with Crippen LogP contribution in [0.4, 0.5) is 11.4 Å². The Hall–Kier alpha value is -1.80. The largest absolute Gasteiger partial charge is 0.341 e. The van der Waals surface area contributed by atoms with Crippen LogP contribution in [0, 0.1) is 6.92 Å². The number of carbonyl (C=O) groups is 1. The molecule has 0 aromatic heterocycles. The van der Waals surface area contributed by atoms with Crippen molar-refractivity contribution in [3.63, 3.8) is 0 Å². The van der Waals surface area contributed by atoms with Gasteiger partial charge in [0.25, 0.3) is 0 Å².